The molecule has 2 N–H and O–H groups in total. The van der Waals surface area contributed by atoms with Crippen LogP contribution in [0.3, 0.4) is 0 Å². The highest BCUT2D eigenvalue weighted by atomic mass is 16.6. The Labute approximate surface area is 192 Å². The summed E-state index contributed by atoms with van der Waals surface area (Å²) in [6.45, 7) is 6.69. The van der Waals surface area contributed by atoms with Crippen LogP contribution in [0.2, 0.25) is 0 Å². The average molecular weight is 442 g/mol. The van der Waals surface area contributed by atoms with Gasteiger partial charge in [0.05, 0.1) is 30.5 Å². The van der Waals surface area contributed by atoms with E-state index in [0.29, 0.717) is 6.67 Å². The number of aliphatic imine (C=N–C) groups is 2. The van der Waals surface area contributed by atoms with Crippen LogP contribution in [0.5, 0.6) is 5.75 Å². The van der Waals surface area contributed by atoms with Crippen molar-refractivity contribution >= 4 is 33.9 Å². The Morgan fingerprint density at radius 1 is 1.18 bits per heavy atom. The van der Waals surface area contributed by atoms with E-state index in [1.807, 2.05) is 13.8 Å². The minimum absolute atomic E-state index is 0.0317. The van der Waals surface area contributed by atoms with E-state index in [9.17, 15) is 0 Å². The fourth-order valence-electron chi connectivity index (χ4n) is 5.45. The first-order valence-electron chi connectivity index (χ1n) is 11.4. The molecule has 6 rings (SSSR count). The number of benzene rings is 1. The summed E-state index contributed by atoms with van der Waals surface area (Å²) < 4.78 is 5.87. The molecule has 3 aliphatic heterocycles. The van der Waals surface area contributed by atoms with Crippen molar-refractivity contribution in [3.8, 4) is 5.75 Å². The second-order valence-electron chi connectivity index (χ2n) is 9.04. The fourth-order valence-corrected chi connectivity index (χ4v) is 5.45. The molecule has 3 unspecified atom stereocenters. The lowest BCUT2D eigenvalue weighted by Crippen LogP contribution is -2.25. The van der Waals surface area contributed by atoms with E-state index in [0.717, 1.165) is 57.2 Å². The minimum Gasteiger partial charge on any atom is -0.496 e. The topological polar surface area (TPSA) is 83.4 Å². The number of aromatic nitrogens is 1. The Morgan fingerprint density at radius 2 is 2.06 bits per heavy atom. The first-order valence-corrected chi connectivity index (χ1v) is 11.4. The van der Waals surface area contributed by atoms with Crippen LogP contribution in [-0.4, -0.2) is 48.0 Å². The maximum absolute atomic E-state index is 5.87. The zero-order valence-corrected chi connectivity index (χ0v) is 19.3. The number of H-pyrrole nitrogens is 1. The first kappa shape index (κ1) is 20.0. The number of anilines is 1. The van der Waals surface area contributed by atoms with Gasteiger partial charge in [-0.05, 0) is 44.1 Å². The van der Waals surface area contributed by atoms with Crippen LogP contribution in [0, 0.1) is 0 Å². The molecule has 4 aliphatic rings. The quantitative estimate of drug-likeness (QED) is 0.712. The molecule has 3 atom stereocenters. The standard InChI is InChI=1S/C26H27N5O2/c1-13-9-17(16-7-5-6-8-20(16)29-13)25-24-18-11-22(32-4)19(23-14(2)31-33-15(23)3)10-21(18)30-26(24)28-12-27-25/h5-8,10-11,15,20,23,28,30H,9,12H2,1-4H3. The number of methoxy groups -OCH3 is 1. The number of hydrogen-bond acceptors (Lipinski definition) is 6. The first-order chi connectivity index (χ1) is 16.0. The molecule has 4 heterocycles. The molecular formula is C26H27N5O2. The number of fused-ring (bicyclic) bond motifs is 4. The van der Waals surface area contributed by atoms with E-state index in [2.05, 4.69) is 58.8 Å². The summed E-state index contributed by atoms with van der Waals surface area (Å²) in [4.78, 5) is 19.0. The Morgan fingerprint density at radius 3 is 2.85 bits per heavy atom. The summed E-state index contributed by atoms with van der Waals surface area (Å²) in [5, 5.41) is 8.73. The SMILES string of the molecule is COc1cc2c3c([nH]c2cc1C1C(C)=NOC1C)NCN=C3C1=C2C=CC=CC2N=C(C)C1. The second kappa shape index (κ2) is 7.47. The molecule has 168 valence electrons. The third kappa shape index (κ3) is 3.06. The van der Waals surface area contributed by atoms with E-state index in [1.165, 1.54) is 11.1 Å². The molecule has 0 saturated heterocycles. The average Bonchev–Trinajstić information content (AvgIpc) is 3.35. The maximum atomic E-state index is 5.87. The third-order valence-corrected chi connectivity index (χ3v) is 6.92. The molecule has 7 nitrogen and oxygen atoms in total. The van der Waals surface area contributed by atoms with Gasteiger partial charge in [-0.2, -0.15) is 0 Å². The molecule has 0 fully saturated rings. The molecule has 7 heteroatoms. The number of aromatic amines is 1. The van der Waals surface area contributed by atoms with Gasteiger partial charge in [0.2, 0.25) is 0 Å². The van der Waals surface area contributed by atoms with Crippen molar-refractivity contribution in [3.05, 3.63) is 58.7 Å². The van der Waals surface area contributed by atoms with Gasteiger partial charge in [-0.1, -0.05) is 29.5 Å². The Balaban J connectivity index is 1.52. The minimum atomic E-state index is -0.0317. The normalized spacial score (nSPS) is 25.7. The summed E-state index contributed by atoms with van der Waals surface area (Å²) in [5.74, 6) is 1.90. The van der Waals surface area contributed by atoms with Crippen LogP contribution in [-0.2, 0) is 4.84 Å². The van der Waals surface area contributed by atoms with Crippen molar-refractivity contribution in [2.24, 2.45) is 15.1 Å². The van der Waals surface area contributed by atoms with Gasteiger partial charge in [-0.25, -0.2) is 0 Å². The van der Waals surface area contributed by atoms with Gasteiger partial charge in [0, 0.05) is 34.2 Å². The summed E-state index contributed by atoms with van der Waals surface area (Å²) in [5.41, 5.74) is 8.84. The molecule has 1 aromatic heterocycles. The lowest BCUT2D eigenvalue weighted by Gasteiger charge is -2.27. The van der Waals surface area contributed by atoms with Crippen LogP contribution in [0.15, 0.2) is 62.7 Å². The van der Waals surface area contributed by atoms with Crippen LogP contribution >= 0.6 is 0 Å². The van der Waals surface area contributed by atoms with Gasteiger partial charge >= 0.3 is 0 Å². The summed E-state index contributed by atoms with van der Waals surface area (Å²) in [7, 11) is 1.72. The molecular weight excluding hydrogens is 414 g/mol. The molecule has 0 radical (unpaired) electrons. The predicted molar refractivity (Wildman–Crippen MR) is 133 cm³/mol. The molecule has 0 spiro atoms. The Bertz CT molecular complexity index is 1350. The fraction of sp³-hybridized carbons (Fsp3) is 0.346. The lowest BCUT2D eigenvalue weighted by atomic mass is 9.85. The second-order valence-corrected chi connectivity index (χ2v) is 9.04. The van der Waals surface area contributed by atoms with Crippen molar-refractivity contribution in [1.29, 1.82) is 0 Å². The Kier molecular flexibility index (Phi) is 4.54. The van der Waals surface area contributed by atoms with E-state index in [1.54, 1.807) is 7.11 Å². The molecule has 1 aliphatic carbocycles. The third-order valence-electron chi connectivity index (χ3n) is 6.92. The number of dihydropyridines is 1. The number of hydrogen-bond donors (Lipinski definition) is 2. The van der Waals surface area contributed by atoms with Gasteiger partial charge in [0.15, 0.2) is 0 Å². The van der Waals surface area contributed by atoms with E-state index < -0.39 is 0 Å². The molecule has 0 bridgehead atoms. The summed E-state index contributed by atoms with van der Waals surface area (Å²) in [6, 6.07) is 4.37. The molecule has 33 heavy (non-hydrogen) atoms. The van der Waals surface area contributed by atoms with Crippen LogP contribution in [0.1, 0.15) is 44.2 Å². The van der Waals surface area contributed by atoms with Crippen molar-refractivity contribution in [1.82, 2.24) is 4.98 Å². The predicted octanol–water partition coefficient (Wildman–Crippen LogP) is 4.88. The monoisotopic (exact) mass is 441 g/mol. The van der Waals surface area contributed by atoms with E-state index >= 15 is 0 Å². The molecule has 0 saturated carbocycles. The summed E-state index contributed by atoms with van der Waals surface area (Å²) >= 11 is 0. The van der Waals surface area contributed by atoms with Crippen molar-refractivity contribution in [3.63, 3.8) is 0 Å². The van der Waals surface area contributed by atoms with Crippen LogP contribution < -0.4 is 10.1 Å². The van der Waals surface area contributed by atoms with Gasteiger partial charge in [0.25, 0.3) is 0 Å². The molecule has 1 aromatic carbocycles. The smallest absolute Gasteiger partial charge is 0.137 e. The zero-order chi connectivity index (χ0) is 22.7. The maximum Gasteiger partial charge on any atom is 0.137 e. The summed E-state index contributed by atoms with van der Waals surface area (Å²) in [6.07, 6.45) is 9.26. The van der Waals surface area contributed by atoms with Crippen molar-refractivity contribution in [2.45, 2.75) is 45.3 Å². The number of oxime groups is 1. The van der Waals surface area contributed by atoms with Gasteiger partial charge in [0.1, 0.15) is 24.3 Å². The highest BCUT2D eigenvalue weighted by Gasteiger charge is 2.34. The number of nitrogens with one attached hydrogen (secondary N) is 2. The highest BCUT2D eigenvalue weighted by Crippen LogP contribution is 2.42. The van der Waals surface area contributed by atoms with Crippen LogP contribution in [0.25, 0.3) is 10.9 Å². The van der Waals surface area contributed by atoms with Gasteiger partial charge in [-0.15, -0.1) is 0 Å². The lowest BCUT2D eigenvalue weighted by molar-refractivity contribution is 0.0900. The number of ether oxygens (including phenoxy) is 1. The van der Waals surface area contributed by atoms with Crippen LogP contribution in [0.4, 0.5) is 5.82 Å². The molecule has 2 aromatic rings. The number of nitrogens with zero attached hydrogens (tertiary/aromatic N) is 3. The van der Waals surface area contributed by atoms with Gasteiger partial charge < -0.3 is 19.9 Å². The van der Waals surface area contributed by atoms with Crippen molar-refractivity contribution in [2.75, 3.05) is 19.1 Å². The largest absolute Gasteiger partial charge is 0.496 e. The van der Waals surface area contributed by atoms with E-state index in [-0.39, 0.29) is 18.1 Å². The number of rotatable bonds is 3. The zero-order valence-electron chi connectivity index (χ0n) is 19.3. The van der Waals surface area contributed by atoms with E-state index in [4.69, 9.17) is 19.6 Å². The van der Waals surface area contributed by atoms with Gasteiger partial charge in [-0.3, -0.25) is 9.98 Å². The van der Waals surface area contributed by atoms with Crippen molar-refractivity contribution < 1.29 is 9.57 Å². The number of allylic oxidation sites excluding steroid dienone is 3. The highest BCUT2D eigenvalue weighted by molar-refractivity contribution is 6.25. The Hall–Kier alpha value is -3.61. The molecule has 0 amide bonds.